The number of nitrogens with two attached hydrogens (primary N) is 1. The van der Waals surface area contributed by atoms with E-state index in [1.807, 2.05) is 13.1 Å². The summed E-state index contributed by atoms with van der Waals surface area (Å²) >= 11 is 0. The van der Waals surface area contributed by atoms with Crippen LogP contribution in [0.4, 0.5) is 10.5 Å². The van der Waals surface area contributed by atoms with E-state index in [4.69, 9.17) is 10.5 Å². The van der Waals surface area contributed by atoms with Crippen molar-refractivity contribution in [1.29, 1.82) is 0 Å². The Morgan fingerprint density at radius 2 is 2.00 bits per heavy atom. The molecule has 0 saturated heterocycles. The molecule has 0 fully saturated rings. The zero-order valence-corrected chi connectivity index (χ0v) is 10.1. The van der Waals surface area contributed by atoms with Gasteiger partial charge in [-0.15, -0.1) is 0 Å². The van der Waals surface area contributed by atoms with Gasteiger partial charge in [-0.1, -0.05) is 26.8 Å². The Hall–Kier alpha value is -1.71. The average molecular weight is 222 g/mol. The quantitative estimate of drug-likeness (QED) is 0.808. The first-order valence-corrected chi connectivity index (χ1v) is 5.14. The molecule has 0 unspecified atom stereocenters. The molecule has 1 aromatic carbocycles. The lowest BCUT2D eigenvalue weighted by Crippen LogP contribution is -2.17. The highest BCUT2D eigenvalue weighted by molar-refractivity contribution is 5.69. The summed E-state index contributed by atoms with van der Waals surface area (Å²) in [4.78, 5) is 10.6. The first kappa shape index (κ1) is 12.4. The summed E-state index contributed by atoms with van der Waals surface area (Å²) in [6.07, 6.45) is -0.800. The minimum Gasteiger partial charge on any atom is -0.410 e. The van der Waals surface area contributed by atoms with E-state index in [-0.39, 0.29) is 5.41 Å². The number of anilines is 1. The van der Waals surface area contributed by atoms with Crippen LogP contribution in [0, 0.1) is 0 Å². The van der Waals surface area contributed by atoms with Crippen LogP contribution in [0.15, 0.2) is 18.2 Å². The summed E-state index contributed by atoms with van der Waals surface area (Å²) in [6.45, 7) is 6.37. The SMILES string of the molecule is CNc1cc(OC(N)=O)ccc1C(C)(C)C. The Kier molecular flexibility index (Phi) is 3.42. The molecule has 4 nitrogen and oxygen atoms in total. The maximum Gasteiger partial charge on any atom is 0.409 e. The van der Waals surface area contributed by atoms with Crippen LogP contribution in [-0.4, -0.2) is 13.1 Å². The number of hydrogen-bond acceptors (Lipinski definition) is 3. The van der Waals surface area contributed by atoms with Gasteiger partial charge in [0.1, 0.15) is 5.75 Å². The molecule has 0 aliphatic carbocycles. The Morgan fingerprint density at radius 1 is 1.38 bits per heavy atom. The molecule has 0 spiro atoms. The van der Waals surface area contributed by atoms with Crippen LogP contribution < -0.4 is 15.8 Å². The molecule has 4 heteroatoms. The van der Waals surface area contributed by atoms with Crippen molar-refractivity contribution in [3.63, 3.8) is 0 Å². The van der Waals surface area contributed by atoms with E-state index in [9.17, 15) is 4.79 Å². The predicted molar refractivity (Wildman–Crippen MR) is 64.9 cm³/mol. The van der Waals surface area contributed by atoms with Crippen molar-refractivity contribution in [3.8, 4) is 5.75 Å². The molecule has 1 rings (SSSR count). The highest BCUT2D eigenvalue weighted by Crippen LogP contribution is 2.32. The molecular formula is C12H18N2O2. The average Bonchev–Trinajstić information content (AvgIpc) is 2.14. The van der Waals surface area contributed by atoms with E-state index < -0.39 is 6.09 Å². The van der Waals surface area contributed by atoms with Gasteiger partial charge < -0.3 is 15.8 Å². The van der Waals surface area contributed by atoms with Gasteiger partial charge in [-0.05, 0) is 17.0 Å². The van der Waals surface area contributed by atoms with Crippen LogP contribution in [-0.2, 0) is 5.41 Å². The van der Waals surface area contributed by atoms with Gasteiger partial charge in [0.25, 0.3) is 0 Å². The van der Waals surface area contributed by atoms with Gasteiger partial charge in [0.05, 0.1) is 0 Å². The van der Waals surface area contributed by atoms with Gasteiger partial charge in [0, 0.05) is 18.8 Å². The molecule has 0 saturated carbocycles. The summed E-state index contributed by atoms with van der Waals surface area (Å²) in [6, 6.07) is 5.45. The van der Waals surface area contributed by atoms with E-state index in [2.05, 4.69) is 26.1 Å². The molecular weight excluding hydrogens is 204 g/mol. The van der Waals surface area contributed by atoms with E-state index in [0.717, 1.165) is 11.3 Å². The fourth-order valence-electron chi connectivity index (χ4n) is 1.56. The largest absolute Gasteiger partial charge is 0.410 e. The summed E-state index contributed by atoms with van der Waals surface area (Å²) < 4.78 is 4.82. The monoisotopic (exact) mass is 222 g/mol. The third-order valence-electron chi connectivity index (χ3n) is 2.29. The number of amides is 1. The molecule has 1 amide bonds. The van der Waals surface area contributed by atoms with Crippen LogP contribution in [0.2, 0.25) is 0 Å². The van der Waals surface area contributed by atoms with E-state index in [1.54, 1.807) is 12.1 Å². The van der Waals surface area contributed by atoms with Gasteiger partial charge in [-0.3, -0.25) is 0 Å². The molecule has 88 valence electrons. The first-order chi connectivity index (χ1) is 7.34. The molecule has 0 heterocycles. The fraction of sp³-hybridized carbons (Fsp3) is 0.417. The number of benzene rings is 1. The zero-order valence-electron chi connectivity index (χ0n) is 10.1. The van der Waals surface area contributed by atoms with Crippen molar-refractivity contribution in [2.24, 2.45) is 5.73 Å². The second-order valence-corrected chi connectivity index (χ2v) is 4.63. The third kappa shape index (κ3) is 2.89. The second-order valence-electron chi connectivity index (χ2n) is 4.63. The highest BCUT2D eigenvalue weighted by Gasteiger charge is 2.18. The summed E-state index contributed by atoms with van der Waals surface area (Å²) in [7, 11) is 1.83. The third-order valence-corrected chi connectivity index (χ3v) is 2.29. The van der Waals surface area contributed by atoms with Crippen molar-refractivity contribution < 1.29 is 9.53 Å². The van der Waals surface area contributed by atoms with Crippen LogP contribution in [0.25, 0.3) is 0 Å². The van der Waals surface area contributed by atoms with Crippen molar-refractivity contribution in [1.82, 2.24) is 0 Å². The van der Waals surface area contributed by atoms with Crippen molar-refractivity contribution in [2.75, 3.05) is 12.4 Å². The van der Waals surface area contributed by atoms with Crippen molar-refractivity contribution in [2.45, 2.75) is 26.2 Å². The molecule has 0 bridgehead atoms. The Bertz CT molecular complexity index is 394. The summed E-state index contributed by atoms with van der Waals surface area (Å²) in [5, 5.41) is 3.08. The number of hydrogen-bond donors (Lipinski definition) is 2. The number of carbonyl (C=O) groups excluding carboxylic acids is 1. The number of nitrogens with one attached hydrogen (secondary N) is 1. The molecule has 3 N–H and O–H groups in total. The van der Waals surface area contributed by atoms with Crippen LogP contribution in [0.5, 0.6) is 5.75 Å². The van der Waals surface area contributed by atoms with Crippen LogP contribution >= 0.6 is 0 Å². The Morgan fingerprint density at radius 3 is 2.44 bits per heavy atom. The second kappa shape index (κ2) is 4.43. The normalized spacial score (nSPS) is 11.0. The van der Waals surface area contributed by atoms with E-state index in [0.29, 0.717) is 5.75 Å². The van der Waals surface area contributed by atoms with E-state index in [1.165, 1.54) is 0 Å². The number of ether oxygens (including phenoxy) is 1. The van der Waals surface area contributed by atoms with Gasteiger partial charge in [0.15, 0.2) is 0 Å². The Labute approximate surface area is 95.8 Å². The Balaban J connectivity index is 3.12. The number of carbonyl (C=O) groups is 1. The van der Waals surface area contributed by atoms with Gasteiger partial charge in [-0.25, -0.2) is 4.79 Å². The lowest BCUT2D eigenvalue weighted by molar-refractivity contribution is 0.211. The van der Waals surface area contributed by atoms with Crippen molar-refractivity contribution >= 4 is 11.8 Å². The lowest BCUT2D eigenvalue weighted by atomic mass is 9.85. The van der Waals surface area contributed by atoms with Gasteiger partial charge >= 0.3 is 6.09 Å². The smallest absolute Gasteiger partial charge is 0.409 e. The maximum absolute atomic E-state index is 10.6. The van der Waals surface area contributed by atoms with Gasteiger partial charge in [-0.2, -0.15) is 0 Å². The fourth-order valence-corrected chi connectivity index (χ4v) is 1.56. The lowest BCUT2D eigenvalue weighted by Gasteiger charge is -2.23. The van der Waals surface area contributed by atoms with Crippen molar-refractivity contribution in [3.05, 3.63) is 23.8 Å². The van der Waals surface area contributed by atoms with E-state index >= 15 is 0 Å². The van der Waals surface area contributed by atoms with Crippen LogP contribution in [0.3, 0.4) is 0 Å². The molecule has 0 aromatic heterocycles. The standard InChI is InChI=1S/C12H18N2O2/c1-12(2,3)9-6-5-8(16-11(13)15)7-10(9)14-4/h5-7,14H,1-4H3,(H2,13,15). The number of rotatable bonds is 2. The molecule has 0 aliphatic rings. The summed E-state index contributed by atoms with van der Waals surface area (Å²) in [5.74, 6) is 0.449. The topological polar surface area (TPSA) is 64.3 Å². The maximum atomic E-state index is 10.6. The molecule has 0 atom stereocenters. The zero-order chi connectivity index (χ0) is 12.3. The molecule has 1 aromatic rings. The molecule has 16 heavy (non-hydrogen) atoms. The summed E-state index contributed by atoms with van der Waals surface area (Å²) in [5.41, 5.74) is 7.09. The van der Waals surface area contributed by atoms with Crippen LogP contribution in [0.1, 0.15) is 26.3 Å². The first-order valence-electron chi connectivity index (χ1n) is 5.14. The molecule has 0 radical (unpaired) electrons. The highest BCUT2D eigenvalue weighted by atomic mass is 16.5. The minimum atomic E-state index is -0.800. The number of primary amides is 1. The minimum absolute atomic E-state index is 0.0313. The predicted octanol–water partition coefficient (Wildman–Crippen LogP) is 2.48. The molecule has 0 aliphatic heterocycles. The van der Waals surface area contributed by atoms with Gasteiger partial charge in [0.2, 0.25) is 0 Å².